The van der Waals surface area contributed by atoms with Gasteiger partial charge in [-0.2, -0.15) is 5.26 Å². The Morgan fingerprint density at radius 2 is 1.75 bits per heavy atom. The first-order chi connectivity index (χ1) is 11.7. The highest BCUT2D eigenvalue weighted by atomic mass is 16.5. The molecule has 0 aliphatic carbocycles. The normalized spacial score (nSPS) is 11.5. The van der Waals surface area contributed by atoms with E-state index in [1.54, 1.807) is 24.3 Å². The van der Waals surface area contributed by atoms with Gasteiger partial charge >= 0.3 is 5.97 Å². The van der Waals surface area contributed by atoms with Crippen LogP contribution in [0.25, 0.3) is 0 Å². The number of unbranched alkanes of at least 4 members (excludes halogenated alkanes) is 2. The molecule has 0 aromatic heterocycles. The summed E-state index contributed by atoms with van der Waals surface area (Å²) in [5.74, 6) is -0.479. The van der Waals surface area contributed by atoms with Gasteiger partial charge in [0.25, 0.3) is 0 Å². The maximum absolute atomic E-state index is 11.3. The van der Waals surface area contributed by atoms with E-state index in [2.05, 4.69) is 12.1 Å². The van der Waals surface area contributed by atoms with Crippen LogP contribution in [0.3, 0.4) is 0 Å². The third kappa shape index (κ3) is 5.77. The number of benzene rings is 2. The highest BCUT2D eigenvalue weighted by Gasteiger charge is 2.18. The van der Waals surface area contributed by atoms with Crippen molar-refractivity contribution < 1.29 is 14.6 Å². The van der Waals surface area contributed by atoms with E-state index in [0.29, 0.717) is 17.7 Å². The van der Waals surface area contributed by atoms with Crippen molar-refractivity contribution in [2.45, 2.75) is 38.2 Å². The zero-order valence-electron chi connectivity index (χ0n) is 13.5. The molecular formula is C20H21NO3. The number of nitriles is 1. The SMILES string of the molecule is N#Cc1ccc(OC(CCCCCc2ccccc2)C(=O)O)cc1. The van der Waals surface area contributed by atoms with Crippen LogP contribution >= 0.6 is 0 Å². The van der Waals surface area contributed by atoms with Crippen LogP contribution in [0, 0.1) is 11.3 Å². The summed E-state index contributed by atoms with van der Waals surface area (Å²) in [6.07, 6.45) is 3.44. The van der Waals surface area contributed by atoms with Gasteiger partial charge < -0.3 is 9.84 Å². The Bertz CT molecular complexity index is 674. The molecule has 0 bridgehead atoms. The second-order valence-corrected chi connectivity index (χ2v) is 5.67. The third-order valence-electron chi connectivity index (χ3n) is 3.81. The lowest BCUT2D eigenvalue weighted by molar-refractivity contribution is -0.145. The molecule has 4 heteroatoms. The number of aliphatic carboxylic acids is 1. The van der Waals surface area contributed by atoms with Crippen LogP contribution in [0.1, 0.15) is 36.8 Å². The van der Waals surface area contributed by atoms with Gasteiger partial charge in [0.05, 0.1) is 11.6 Å². The van der Waals surface area contributed by atoms with Crippen molar-refractivity contribution in [1.29, 1.82) is 5.26 Å². The molecule has 0 heterocycles. The maximum atomic E-state index is 11.3. The Kier molecular flexibility index (Phi) is 6.85. The van der Waals surface area contributed by atoms with Gasteiger partial charge in [0.15, 0.2) is 6.10 Å². The summed E-state index contributed by atoms with van der Waals surface area (Å²) in [7, 11) is 0. The van der Waals surface area contributed by atoms with E-state index in [1.165, 1.54) is 5.56 Å². The summed E-state index contributed by atoms with van der Waals surface area (Å²) in [6.45, 7) is 0. The highest BCUT2D eigenvalue weighted by Crippen LogP contribution is 2.17. The van der Waals surface area contributed by atoms with E-state index in [4.69, 9.17) is 10.00 Å². The van der Waals surface area contributed by atoms with E-state index >= 15 is 0 Å². The molecular weight excluding hydrogens is 302 g/mol. The van der Waals surface area contributed by atoms with Crippen LogP contribution in [0.15, 0.2) is 54.6 Å². The molecule has 1 N–H and O–H groups in total. The lowest BCUT2D eigenvalue weighted by Crippen LogP contribution is -2.26. The first kappa shape index (κ1) is 17.6. The van der Waals surface area contributed by atoms with Crippen molar-refractivity contribution in [3.8, 4) is 11.8 Å². The smallest absolute Gasteiger partial charge is 0.344 e. The average Bonchev–Trinajstić information content (AvgIpc) is 2.61. The van der Waals surface area contributed by atoms with E-state index in [0.717, 1.165) is 25.7 Å². The van der Waals surface area contributed by atoms with Crippen molar-refractivity contribution in [2.24, 2.45) is 0 Å². The Morgan fingerprint density at radius 3 is 2.38 bits per heavy atom. The third-order valence-corrected chi connectivity index (χ3v) is 3.81. The molecule has 0 radical (unpaired) electrons. The first-order valence-corrected chi connectivity index (χ1v) is 8.12. The second-order valence-electron chi connectivity index (χ2n) is 5.67. The summed E-state index contributed by atoms with van der Waals surface area (Å²) < 4.78 is 5.53. The summed E-state index contributed by atoms with van der Waals surface area (Å²) in [6, 6.07) is 18.8. The van der Waals surface area contributed by atoms with E-state index in [-0.39, 0.29) is 0 Å². The minimum atomic E-state index is -0.956. The molecule has 124 valence electrons. The monoisotopic (exact) mass is 323 g/mol. The van der Waals surface area contributed by atoms with Crippen LogP contribution < -0.4 is 4.74 Å². The van der Waals surface area contributed by atoms with Crippen molar-refractivity contribution in [1.82, 2.24) is 0 Å². The molecule has 0 aliphatic heterocycles. The minimum absolute atomic E-state index is 0.476. The lowest BCUT2D eigenvalue weighted by atomic mass is 10.0. The lowest BCUT2D eigenvalue weighted by Gasteiger charge is -2.15. The van der Waals surface area contributed by atoms with Gasteiger partial charge in [0.2, 0.25) is 0 Å². The molecule has 1 unspecified atom stereocenters. The van der Waals surface area contributed by atoms with Crippen molar-refractivity contribution in [3.63, 3.8) is 0 Å². The predicted octanol–water partition coefficient (Wildman–Crippen LogP) is 4.19. The Hall–Kier alpha value is -2.80. The number of aryl methyl sites for hydroxylation is 1. The summed E-state index contributed by atoms with van der Waals surface area (Å²) in [5.41, 5.74) is 1.83. The molecule has 0 saturated carbocycles. The molecule has 4 nitrogen and oxygen atoms in total. The van der Waals surface area contributed by atoms with Crippen molar-refractivity contribution in [3.05, 3.63) is 65.7 Å². The van der Waals surface area contributed by atoms with Crippen molar-refractivity contribution >= 4 is 5.97 Å². The minimum Gasteiger partial charge on any atom is -0.479 e. The van der Waals surface area contributed by atoms with Crippen LogP contribution in [-0.2, 0) is 11.2 Å². The first-order valence-electron chi connectivity index (χ1n) is 8.12. The number of hydrogen-bond acceptors (Lipinski definition) is 3. The Balaban J connectivity index is 1.74. The predicted molar refractivity (Wildman–Crippen MR) is 91.8 cm³/mol. The zero-order valence-corrected chi connectivity index (χ0v) is 13.5. The number of ether oxygens (including phenoxy) is 1. The van der Waals surface area contributed by atoms with Gasteiger partial charge in [-0.15, -0.1) is 0 Å². The molecule has 2 rings (SSSR count). The van der Waals surface area contributed by atoms with Crippen molar-refractivity contribution in [2.75, 3.05) is 0 Å². The molecule has 2 aromatic rings. The molecule has 0 amide bonds. The molecule has 2 aromatic carbocycles. The van der Waals surface area contributed by atoms with Crippen LogP contribution in [-0.4, -0.2) is 17.2 Å². The van der Waals surface area contributed by atoms with Crippen LogP contribution in [0.5, 0.6) is 5.75 Å². The molecule has 0 saturated heterocycles. The molecule has 24 heavy (non-hydrogen) atoms. The van der Waals surface area contributed by atoms with Crippen LogP contribution in [0.4, 0.5) is 0 Å². The summed E-state index contributed by atoms with van der Waals surface area (Å²) >= 11 is 0. The number of rotatable bonds is 9. The summed E-state index contributed by atoms with van der Waals surface area (Å²) in [5, 5.41) is 18.1. The fourth-order valence-corrected chi connectivity index (χ4v) is 2.49. The fourth-order valence-electron chi connectivity index (χ4n) is 2.49. The zero-order chi connectivity index (χ0) is 17.2. The second kappa shape index (κ2) is 9.36. The van der Waals surface area contributed by atoms with Gasteiger partial charge in [-0.05, 0) is 55.5 Å². The van der Waals surface area contributed by atoms with Gasteiger partial charge in [-0.1, -0.05) is 36.8 Å². The molecule has 0 fully saturated rings. The summed E-state index contributed by atoms with van der Waals surface area (Å²) in [4.78, 5) is 11.3. The highest BCUT2D eigenvalue weighted by molar-refractivity contribution is 5.72. The number of nitrogens with zero attached hydrogens (tertiary/aromatic N) is 1. The standard InChI is InChI=1S/C20H21NO3/c21-15-17-11-13-18(14-12-17)24-19(20(22)23)10-6-2-5-9-16-7-3-1-4-8-16/h1,3-4,7-8,11-14,19H,2,5-6,9-10H2,(H,22,23). The maximum Gasteiger partial charge on any atom is 0.344 e. The Labute approximate surface area is 142 Å². The van der Waals surface area contributed by atoms with E-state index in [1.807, 2.05) is 24.3 Å². The van der Waals surface area contributed by atoms with Gasteiger partial charge in [0, 0.05) is 0 Å². The van der Waals surface area contributed by atoms with Gasteiger partial charge in [-0.3, -0.25) is 0 Å². The quantitative estimate of drug-likeness (QED) is 0.702. The van der Waals surface area contributed by atoms with Gasteiger partial charge in [-0.25, -0.2) is 4.79 Å². The Morgan fingerprint density at radius 1 is 1.04 bits per heavy atom. The molecule has 1 atom stereocenters. The average molecular weight is 323 g/mol. The topological polar surface area (TPSA) is 70.3 Å². The number of carboxylic acid groups (broad SMARTS) is 1. The van der Waals surface area contributed by atoms with Gasteiger partial charge in [0.1, 0.15) is 5.75 Å². The number of hydrogen-bond donors (Lipinski definition) is 1. The van der Waals surface area contributed by atoms with E-state index < -0.39 is 12.1 Å². The largest absolute Gasteiger partial charge is 0.479 e. The number of carboxylic acids is 1. The molecule has 0 aliphatic rings. The van der Waals surface area contributed by atoms with Crippen LogP contribution in [0.2, 0.25) is 0 Å². The fraction of sp³-hybridized carbons (Fsp3) is 0.300. The number of carbonyl (C=O) groups is 1. The van der Waals surface area contributed by atoms with E-state index in [9.17, 15) is 9.90 Å². The molecule has 0 spiro atoms.